The number of nitrogens with zero attached hydrogens (tertiary/aromatic N) is 4. The highest BCUT2D eigenvalue weighted by atomic mass is 32.1. The van der Waals surface area contributed by atoms with Gasteiger partial charge in [0.1, 0.15) is 0 Å². The number of hydrogen-bond acceptors (Lipinski definition) is 6. The van der Waals surface area contributed by atoms with E-state index in [2.05, 4.69) is 20.4 Å². The van der Waals surface area contributed by atoms with Crippen molar-refractivity contribution in [3.63, 3.8) is 0 Å². The third kappa shape index (κ3) is 2.44. The van der Waals surface area contributed by atoms with E-state index in [0.717, 1.165) is 33.8 Å². The quantitative estimate of drug-likeness (QED) is 0.785. The fraction of sp³-hybridized carbons (Fsp3) is 0.357. The van der Waals surface area contributed by atoms with Crippen LogP contribution in [0.15, 0.2) is 24.5 Å². The average Bonchev–Trinajstić information content (AvgIpc) is 3.14. The van der Waals surface area contributed by atoms with Gasteiger partial charge in [0.2, 0.25) is 16.0 Å². The van der Waals surface area contributed by atoms with Crippen molar-refractivity contribution in [2.24, 2.45) is 5.92 Å². The maximum Gasteiger partial charge on any atom is 0.214 e. The molecular formula is C14H15N5OS. The van der Waals surface area contributed by atoms with E-state index in [1.165, 1.54) is 12.8 Å². The summed E-state index contributed by atoms with van der Waals surface area (Å²) in [6.07, 6.45) is 6.27. The molecule has 3 aromatic heterocycles. The topological polar surface area (TPSA) is 64.3 Å². The van der Waals surface area contributed by atoms with Gasteiger partial charge in [-0.05, 0) is 24.8 Å². The van der Waals surface area contributed by atoms with Gasteiger partial charge < -0.3 is 10.1 Å². The molecule has 0 saturated heterocycles. The van der Waals surface area contributed by atoms with Gasteiger partial charge in [-0.25, -0.2) is 14.5 Å². The third-order valence-corrected chi connectivity index (χ3v) is 4.45. The van der Waals surface area contributed by atoms with E-state index < -0.39 is 0 Å². The molecule has 0 aliphatic heterocycles. The first-order chi connectivity index (χ1) is 10.3. The Balaban J connectivity index is 1.63. The average molecular weight is 301 g/mol. The number of ether oxygens (including phenoxy) is 1. The van der Waals surface area contributed by atoms with Crippen molar-refractivity contribution in [2.75, 3.05) is 19.0 Å². The maximum atomic E-state index is 5.08. The Bertz CT molecular complexity index is 759. The van der Waals surface area contributed by atoms with E-state index in [1.807, 2.05) is 22.8 Å². The summed E-state index contributed by atoms with van der Waals surface area (Å²) in [5.41, 5.74) is 1.92. The highest BCUT2D eigenvalue weighted by molar-refractivity contribution is 7.20. The van der Waals surface area contributed by atoms with Gasteiger partial charge in [-0.3, -0.25) is 0 Å². The number of rotatable bonds is 5. The second-order valence-corrected chi connectivity index (χ2v) is 6.11. The Morgan fingerprint density at radius 1 is 1.33 bits per heavy atom. The van der Waals surface area contributed by atoms with E-state index in [-0.39, 0.29) is 0 Å². The highest BCUT2D eigenvalue weighted by Crippen LogP contribution is 2.30. The minimum absolute atomic E-state index is 0.601. The first kappa shape index (κ1) is 12.6. The molecule has 7 heteroatoms. The standard InChI is InChI=1S/C14H15N5OS/c1-20-12-5-4-10(7-15-12)11-8-17-14-19(11)18-13(21-14)16-6-9-2-3-9/h4-5,7-9H,2-3,6H2,1H3,(H,16,18). The maximum absolute atomic E-state index is 5.08. The zero-order valence-electron chi connectivity index (χ0n) is 11.6. The second kappa shape index (κ2) is 5.00. The molecule has 0 spiro atoms. The number of methoxy groups -OCH3 is 1. The van der Waals surface area contributed by atoms with Crippen LogP contribution in [0.5, 0.6) is 5.88 Å². The molecule has 1 fully saturated rings. The zero-order chi connectivity index (χ0) is 14.2. The van der Waals surface area contributed by atoms with Crippen molar-refractivity contribution in [1.82, 2.24) is 19.6 Å². The van der Waals surface area contributed by atoms with Crippen LogP contribution in [-0.4, -0.2) is 33.2 Å². The summed E-state index contributed by atoms with van der Waals surface area (Å²) in [5, 5.41) is 8.91. The Kier molecular flexibility index (Phi) is 2.99. The molecule has 0 aromatic carbocycles. The fourth-order valence-electron chi connectivity index (χ4n) is 2.17. The summed E-state index contributed by atoms with van der Waals surface area (Å²) in [6.45, 7) is 1.01. The summed E-state index contributed by atoms with van der Waals surface area (Å²) in [6, 6.07) is 3.80. The van der Waals surface area contributed by atoms with Gasteiger partial charge in [0.25, 0.3) is 0 Å². The van der Waals surface area contributed by atoms with Crippen LogP contribution in [0.1, 0.15) is 12.8 Å². The van der Waals surface area contributed by atoms with Crippen molar-refractivity contribution in [3.8, 4) is 17.1 Å². The van der Waals surface area contributed by atoms with E-state index in [9.17, 15) is 0 Å². The van der Waals surface area contributed by atoms with Crippen LogP contribution >= 0.6 is 11.3 Å². The molecule has 6 nitrogen and oxygen atoms in total. The van der Waals surface area contributed by atoms with Crippen LogP contribution in [0.25, 0.3) is 16.2 Å². The van der Waals surface area contributed by atoms with Crippen LogP contribution < -0.4 is 10.1 Å². The number of fused-ring (bicyclic) bond motifs is 1. The number of imidazole rings is 1. The Labute approximate surface area is 125 Å². The van der Waals surface area contributed by atoms with E-state index in [0.29, 0.717) is 5.88 Å². The SMILES string of the molecule is COc1ccc(-c2cnc3sc(NCC4CC4)nn23)cn1. The molecule has 1 N–H and O–H groups in total. The molecule has 1 saturated carbocycles. The normalized spacial score (nSPS) is 14.5. The summed E-state index contributed by atoms with van der Waals surface area (Å²) in [5.74, 6) is 1.43. The Morgan fingerprint density at radius 2 is 2.24 bits per heavy atom. The number of pyridine rings is 1. The van der Waals surface area contributed by atoms with E-state index >= 15 is 0 Å². The smallest absolute Gasteiger partial charge is 0.214 e. The summed E-state index contributed by atoms with van der Waals surface area (Å²) in [7, 11) is 1.61. The number of nitrogens with one attached hydrogen (secondary N) is 1. The first-order valence-corrected chi connectivity index (χ1v) is 7.74. The second-order valence-electron chi connectivity index (χ2n) is 5.16. The molecule has 0 bridgehead atoms. The van der Waals surface area contributed by atoms with Crippen LogP contribution in [0.2, 0.25) is 0 Å². The minimum Gasteiger partial charge on any atom is -0.481 e. The lowest BCUT2D eigenvalue weighted by Gasteiger charge is -2.01. The number of anilines is 1. The van der Waals surface area contributed by atoms with Crippen molar-refractivity contribution < 1.29 is 4.74 Å². The molecular weight excluding hydrogens is 286 g/mol. The van der Waals surface area contributed by atoms with Gasteiger partial charge in [0.15, 0.2) is 0 Å². The Morgan fingerprint density at radius 3 is 2.95 bits per heavy atom. The molecule has 1 aliphatic rings. The van der Waals surface area contributed by atoms with Crippen molar-refractivity contribution in [2.45, 2.75) is 12.8 Å². The third-order valence-electron chi connectivity index (χ3n) is 3.57. The molecule has 0 radical (unpaired) electrons. The summed E-state index contributed by atoms with van der Waals surface area (Å²) < 4.78 is 6.95. The highest BCUT2D eigenvalue weighted by Gasteiger charge is 2.21. The molecule has 3 aromatic rings. The van der Waals surface area contributed by atoms with Crippen molar-refractivity contribution >= 4 is 21.4 Å². The number of aromatic nitrogens is 4. The van der Waals surface area contributed by atoms with Crippen molar-refractivity contribution in [3.05, 3.63) is 24.5 Å². The molecule has 108 valence electrons. The minimum atomic E-state index is 0.601. The predicted octanol–water partition coefficient (Wildman–Crippen LogP) is 2.68. The molecule has 0 amide bonds. The van der Waals surface area contributed by atoms with E-state index in [4.69, 9.17) is 4.74 Å². The fourth-order valence-corrected chi connectivity index (χ4v) is 2.95. The molecule has 0 unspecified atom stereocenters. The van der Waals surface area contributed by atoms with Gasteiger partial charge >= 0.3 is 0 Å². The molecule has 3 heterocycles. The van der Waals surface area contributed by atoms with Gasteiger partial charge in [0, 0.05) is 24.4 Å². The molecule has 0 atom stereocenters. The summed E-state index contributed by atoms with van der Waals surface area (Å²) in [4.78, 5) is 9.54. The zero-order valence-corrected chi connectivity index (χ0v) is 12.4. The Hall–Kier alpha value is -2.15. The lowest BCUT2D eigenvalue weighted by Crippen LogP contribution is -2.03. The predicted molar refractivity (Wildman–Crippen MR) is 81.9 cm³/mol. The van der Waals surface area contributed by atoms with E-state index in [1.54, 1.807) is 24.6 Å². The monoisotopic (exact) mass is 301 g/mol. The van der Waals surface area contributed by atoms with Crippen LogP contribution in [-0.2, 0) is 0 Å². The van der Waals surface area contributed by atoms with Gasteiger partial charge in [-0.2, -0.15) is 0 Å². The van der Waals surface area contributed by atoms with Crippen LogP contribution in [0, 0.1) is 5.92 Å². The molecule has 1 aliphatic carbocycles. The van der Waals surface area contributed by atoms with Gasteiger partial charge in [-0.1, -0.05) is 11.3 Å². The first-order valence-electron chi connectivity index (χ1n) is 6.92. The van der Waals surface area contributed by atoms with Crippen LogP contribution in [0.3, 0.4) is 0 Å². The number of hydrogen-bond donors (Lipinski definition) is 1. The van der Waals surface area contributed by atoms with Crippen molar-refractivity contribution in [1.29, 1.82) is 0 Å². The van der Waals surface area contributed by atoms with Gasteiger partial charge in [0.05, 0.1) is 19.0 Å². The van der Waals surface area contributed by atoms with Gasteiger partial charge in [-0.15, -0.1) is 5.10 Å². The molecule has 4 rings (SSSR count). The molecule has 21 heavy (non-hydrogen) atoms. The summed E-state index contributed by atoms with van der Waals surface area (Å²) >= 11 is 1.57. The lowest BCUT2D eigenvalue weighted by molar-refractivity contribution is 0.398. The van der Waals surface area contributed by atoms with Crippen LogP contribution in [0.4, 0.5) is 5.13 Å². The lowest BCUT2D eigenvalue weighted by atomic mass is 10.2. The largest absolute Gasteiger partial charge is 0.481 e.